The first kappa shape index (κ1) is 25.8. The maximum atomic E-state index is 11.5. The largest absolute Gasteiger partial charge is 0.407 e. The van der Waals surface area contributed by atoms with Crippen LogP contribution in [0.25, 0.3) is 0 Å². The number of carbonyl (C=O) groups excluding carboxylic acids is 1. The van der Waals surface area contributed by atoms with Crippen LogP contribution in [0, 0.1) is 0 Å². The van der Waals surface area contributed by atoms with Gasteiger partial charge in [-0.2, -0.15) is 0 Å². The van der Waals surface area contributed by atoms with Gasteiger partial charge in [-0.05, 0) is 42.1 Å². The number of hydrogen-bond donors (Lipinski definition) is 0. The van der Waals surface area contributed by atoms with E-state index < -0.39 is 26.3 Å². The van der Waals surface area contributed by atoms with Gasteiger partial charge in [0.15, 0.2) is 12.1 Å². The minimum Gasteiger partial charge on any atom is -0.407 e. The Hall–Kier alpha value is -1.83. The molecule has 0 spiro atoms. The van der Waals surface area contributed by atoms with Gasteiger partial charge < -0.3 is 23.4 Å². The van der Waals surface area contributed by atoms with Crippen molar-refractivity contribution >= 4 is 25.0 Å². The van der Waals surface area contributed by atoms with Gasteiger partial charge >= 0.3 is 0 Å². The van der Waals surface area contributed by atoms with E-state index in [2.05, 4.69) is 69.3 Å². The minimum absolute atomic E-state index is 0.0641. The Balaban J connectivity index is 1.79. The third-order valence-corrected chi connectivity index (χ3v) is 11.4. The summed E-state index contributed by atoms with van der Waals surface area (Å²) in [4.78, 5) is 11.5. The minimum atomic E-state index is -2.56. The van der Waals surface area contributed by atoms with E-state index in [-0.39, 0.29) is 11.1 Å². The monoisotopic (exact) mass is 470 g/mol. The fourth-order valence-corrected chi connectivity index (χ4v) is 9.50. The van der Waals surface area contributed by atoms with Crippen LogP contribution >= 0.6 is 0 Å². The molecule has 1 aliphatic rings. The lowest BCUT2D eigenvalue weighted by Crippen LogP contribution is -2.66. The van der Waals surface area contributed by atoms with Gasteiger partial charge in [-0.25, -0.2) is 0 Å². The number of hydrogen-bond acceptors (Lipinski definition) is 5. The van der Waals surface area contributed by atoms with Gasteiger partial charge in [0.25, 0.3) is 8.32 Å². The highest BCUT2D eigenvalue weighted by atomic mass is 28.4. The number of ether oxygens (including phenoxy) is 3. The fraction of sp³-hybridized carbons (Fsp3) is 0.519. The molecule has 5 nitrogen and oxygen atoms in total. The van der Waals surface area contributed by atoms with Crippen molar-refractivity contribution in [2.45, 2.75) is 76.6 Å². The van der Waals surface area contributed by atoms with Gasteiger partial charge in [0, 0.05) is 13.7 Å². The summed E-state index contributed by atoms with van der Waals surface area (Å²) in [6, 6.07) is 21.3. The van der Waals surface area contributed by atoms with E-state index in [4.69, 9.17) is 18.6 Å². The molecule has 0 aromatic heterocycles. The predicted molar refractivity (Wildman–Crippen MR) is 133 cm³/mol. The second-order valence-electron chi connectivity index (χ2n) is 10.1. The lowest BCUT2D eigenvalue weighted by atomic mass is 10.0. The number of benzene rings is 2. The van der Waals surface area contributed by atoms with E-state index in [1.165, 1.54) is 10.4 Å². The van der Waals surface area contributed by atoms with Gasteiger partial charge in [-0.1, -0.05) is 81.4 Å². The fourth-order valence-electron chi connectivity index (χ4n) is 4.90. The Bertz CT molecular complexity index is 839. The zero-order chi connectivity index (χ0) is 24.1. The summed E-state index contributed by atoms with van der Waals surface area (Å²) in [7, 11) is -0.902. The molecule has 2 aromatic rings. The second kappa shape index (κ2) is 10.6. The number of carbonyl (C=O) groups is 1. The summed E-state index contributed by atoms with van der Waals surface area (Å²) in [6.45, 7) is 11.1. The summed E-state index contributed by atoms with van der Waals surface area (Å²) < 4.78 is 24.4. The average Bonchev–Trinajstić information content (AvgIpc) is 3.11. The van der Waals surface area contributed by atoms with Crippen molar-refractivity contribution in [2.75, 3.05) is 13.7 Å². The van der Waals surface area contributed by atoms with Crippen molar-refractivity contribution in [3.05, 3.63) is 60.7 Å². The molecule has 180 valence electrons. The summed E-state index contributed by atoms with van der Waals surface area (Å²) in [5, 5.41) is 2.47. The van der Waals surface area contributed by atoms with Crippen LogP contribution in [0.4, 0.5) is 0 Å². The first-order valence-electron chi connectivity index (χ1n) is 11.7. The standard InChI is InChI=1S/C27H38O5Si/c1-26(2,3)33(21-14-9-7-10-15-21,22-16-11-8-12-17-22)30-19-13-18-23(29-6)25-24(20-28)31-27(4,5)32-25/h7-12,14-17,20,23-25H,13,18-19H2,1-6H3/t23-,24-,25-/m1/s1. The molecular weight excluding hydrogens is 432 g/mol. The maximum absolute atomic E-state index is 11.5. The van der Waals surface area contributed by atoms with Gasteiger partial charge in [-0.3, -0.25) is 0 Å². The molecule has 0 aliphatic carbocycles. The number of methoxy groups -OCH3 is 1. The van der Waals surface area contributed by atoms with E-state index in [0.29, 0.717) is 13.0 Å². The number of aldehydes is 1. The first-order chi connectivity index (χ1) is 15.6. The molecule has 1 aliphatic heterocycles. The van der Waals surface area contributed by atoms with Crippen LogP contribution in [0.2, 0.25) is 5.04 Å². The highest BCUT2D eigenvalue weighted by Gasteiger charge is 2.50. The molecule has 0 N–H and O–H groups in total. The van der Waals surface area contributed by atoms with E-state index in [9.17, 15) is 4.79 Å². The van der Waals surface area contributed by atoms with Crippen molar-refractivity contribution < 1.29 is 23.4 Å². The van der Waals surface area contributed by atoms with Crippen LogP contribution in [-0.4, -0.2) is 52.4 Å². The Morgan fingerprint density at radius 2 is 1.55 bits per heavy atom. The Labute approximate surface area is 199 Å². The Morgan fingerprint density at radius 1 is 1.00 bits per heavy atom. The van der Waals surface area contributed by atoms with Crippen molar-refractivity contribution in [3.8, 4) is 0 Å². The Kier molecular flexibility index (Phi) is 8.29. The van der Waals surface area contributed by atoms with E-state index in [1.54, 1.807) is 7.11 Å². The van der Waals surface area contributed by atoms with Crippen LogP contribution in [0.15, 0.2) is 60.7 Å². The topological polar surface area (TPSA) is 54.0 Å². The highest BCUT2D eigenvalue weighted by Crippen LogP contribution is 2.37. The SMILES string of the molecule is CO[C@H](CCCO[Si](c1ccccc1)(c1ccccc1)C(C)(C)C)[C@H]1OC(C)(C)O[C@@H]1C=O. The molecule has 6 heteroatoms. The smallest absolute Gasteiger partial charge is 0.261 e. The van der Waals surface area contributed by atoms with Gasteiger partial charge in [-0.15, -0.1) is 0 Å². The third-order valence-electron chi connectivity index (χ3n) is 6.34. The molecule has 0 radical (unpaired) electrons. The highest BCUT2D eigenvalue weighted by molar-refractivity contribution is 6.99. The summed E-state index contributed by atoms with van der Waals surface area (Å²) >= 11 is 0. The second-order valence-corrected chi connectivity index (χ2v) is 14.4. The molecule has 0 saturated carbocycles. The molecule has 3 atom stereocenters. The van der Waals surface area contributed by atoms with Crippen LogP contribution in [0.1, 0.15) is 47.5 Å². The molecule has 1 saturated heterocycles. The van der Waals surface area contributed by atoms with E-state index in [1.807, 2.05) is 26.0 Å². The molecule has 0 amide bonds. The van der Waals surface area contributed by atoms with Crippen LogP contribution in [-0.2, 0) is 23.4 Å². The molecule has 2 aromatic carbocycles. The first-order valence-corrected chi connectivity index (χ1v) is 13.6. The summed E-state index contributed by atoms with van der Waals surface area (Å²) in [5.41, 5.74) is 0. The van der Waals surface area contributed by atoms with Crippen molar-refractivity contribution in [1.82, 2.24) is 0 Å². The van der Waals surface area contributed by atoms with Crippen LogP contribution in [0.5, 0.6) is 0 Å². The van der Waals surface area contributed by atoms with Gasteiger partial charge in [0.2, 0.25) is 0 Å². The molecule has 0 bridgehead atoms. The maximum Gasteiger partial charge on any atom is 0.261 e. The predicted octanol–water partition coefficient (Wildman–Crippen LogP) is 4.08. The lowest BCUT2D eigenvalue weighted by Gasteiger charge is -2.43. The van der Waals surface area contributed by atoms with Crippen molar-refractivity contribution in [3.63, 3.8) is 0 Å². The van der Waals surface area contributed by atoms with Crippen molar-refractivity contribution in [1.29, 1.82) is 0 Å². The van der Waals surface area contributed by atoms with E-state index >= 15 is 0 Å². The molecular formula is C27H38O5Si. The number of rotatable bonds is 10. The summed E-state index contributed by atoms with van der Waals surface area (Å²) in [5.74, 6) is -0.793. The van der Waals surface area contributed by atoms with E-state index in [0.717, 1.165) is 12.7 Å². The molecule has 1 fully saturated rings. The molecule has 1 heterocycles. The molecule has 0 unspecified atom stereocenters. The zero-order valence-corrected chi connectivity index (χ0v) is 21.7. The van der Waals surface area contributed by atoms with Crippen molar-refractivity contribution in [2.24, 2.45) is 0 Å². The lowest BCUT2D eigenvalue weighted by molar-refractivity contribution is -0.159. The molecule has 3 rings (SSSR count). The van der Waals surface area contributed by atoms with Gasteiger partial charge in [0.1, 0.15) is 12.2 Å². The normalized spacial score (nSPS) is 21.6. The average molecular weight is 471 g/mol. The third kappa shape index (κ3) is 5.64. The summed E-state index contributed by atoms with van der Waals surface area (Å²) in [6.07, 6.45) is 1.02. The Morgan fingerprint density at radius 3 is 2.00 bits per heavy atom. The van der Waals surface area contributed by atoms with Crippen LogP contribution in [0.3, 0.4) is 0 Å². The zero-order valence-electron chi connectivity index (χ0n) is 20.7. The molecule has 33 heavy (non-hydrogen) atoms. The quantitative estimate of drug-likeness (QED) is 0.298. The van der Waals surface area contributed by atoms with Crippen LogP contribution < -0.4 is 10.4 Å². The van der Waals surface area contributed by atoms with Gasteiger partial charge in [0.05, 0.1) is 6.10 Å².